The van der Waals surface area contributed by atoms with Crippen LogP contribution < -0.4 is 10.1 Å². The molecule has 1 heterocycles. The van der Waals surface area contributed by atoms with Crippen LogP contribution in [0.5, 0.6) is 5.75 Å². The topological polar surface area (TPSA) is 64.4 Å². The summed E-state index contributed by atoms with van der Waals surface area (Å²) < 4.78 is 10.6. The summed E-state index contributed by atoms with van der Waals surface area (Å²) in [6.07, 6.45) is 0. The number of ether oxygens (including phenoxy) is 1. The summed E-state index contributed by atoms with van der Waals surface area (Å²) in [5.41, 5.74) is 2.19. The third-order valence-electron chi connectivity index (χ3n) is 4.05. The predicted molar refractivity (Wildman–Crippen MR) is 95.7 cm³/mol. The van der Waals surface area contributed by atoms with Gasteiger partial charge in [-0.1, -0.05) is 54.5 Å². The Hall–Kier alpha value is -3.08. The summed E-state index contributed by atoms with van der Waals surface area (Å²) in [7, 11) is 1.59. The SMILES string of the molecule is COc1ccccc1-c1cc(C(=O)NCC(C)c2ccccc2)no1. The molecule has 0 radical (unpaired) electrons. The molecule has 3 rings (SSSR count). The van der Waals surface area contributed by atoms with Crippen LogP contribution in [0.25, 0.3) is 11.3 Å². The highest BCUT2D eigenvalue weighted by molar-refractivity contribution is 5.93. The molecule has 1 unspecified atom stereocenters. The van der Waals surface area contributed by atoms with Crippen molar-refractivity contribution in [3.05, 3.63) is 71.9 Å². The summed E-state index contributed by atoms with van der Waals surface area (Å²) in [4.78, 5) is 12.3. The number of rotatable bonds is 6. The first-order valence-corrected chi connectivity index (χ1v) is 8.12. The van der Waals surface area contributed by atoms with E-state index in [-0.39, 0.29) is 17.5 Å². The minimum atomic E-state index is -0.257. The van der Waals surface area contributed by atoms with Crippen molar-refractivity contribution in [1.82, 2.24) is 10.5 Å². The van der Waals surface area contributed by atoms with E-state index in [1.807, 2.05) is 54.6 Å². The average Bonchev–Trinajstić information content (AvgIpc) is 3.16. The maximum absolute atomic E-state index is 12.3. The van der Waals surface area contributed by atoms with Crippen molar-refractivity contribution in [2.75, 3.05) is 13.7 Å². The van der Waals surface area contributed by atoms with E-state index in [1.165, 1.54) is 5.56 Å². The standard InChI is InChI=1S/C20H20N2O3/c1-14(15-8-4-3-5-9-15)13-21-20(23)17-12-19(25-22-17)16-10-6-7-11-18(16)24-2/h3-12,14H,13H2,1-2H3,(H,21,23). The van der Waals surface area contributed by atoms with E-state index in [0.717, 1.165) is 5.56 Å². The highest BCUT2D eigenvalue weighted by atomic mass is 16.5. The number of benzene rings is 2. The van der Waals surface area contributed by atoms with Gasteiger partial charge in [0.1, 0.15) is 5.75 Å². The van der Waals surface area contributed by atoms with Crippen molar-refractivity contribution in [3.63, 3.8) is 0 Å². The largest absolute Gasteiger partial charge is 0.496 e. The van der Waals surface area contributed by atoms with E-state index in [2.05, 4.69) is 17.4 Å². The second-order valence-electron chi connectivity index (χ2n) is 5.80. The Bertz CT molecular complexity index is 843. The van der Waals surface area contributed by atoms with E-state index in [9.17, 15) is 4.79 Å². The molecule has 0 spiro atoms. The van der Waals surface area contributed by atoms with Crippen LogP contribution in [0.3, 0.4) is 0 Å². The molecular formula is C20H20N2O3. The molecule has 0 aliphatic heterocycles. The van der Waals surface area contributed by atoms with Gasteiger partial charge >= 0.3 is 0 Å². The number of amides is 1. The van der Waals surface area contributed by atoms with Crippen molar-refractivity contribution in [2.24, 2.45) is 0 Å². The lowest BCUT2D eigenvalue weighted by Gasteiger charge is -2.12. The molecule has 0 aliphatic carbocycles. The zero-order valence-electron chi connectivity index (χ0n) is 14.2. The van der Waals surface area contributed by atoms with Crippen molar-refractivity contribution >= 4 is 5.91 Å². The molecule has 2 aromatic carbocycles. The van der Waals surface area contributed by atoms with Gasteiger partial charge in [-0.15, -0.1) is 0 Å². The molecule has 1 amide bonds. The van der Waals surface area contributed by atoms with Crippen LogP contribution in [0.15, 0.2) is 65.2 Å². The van der Waals surface area contributed by atoms with E-state index >= 15 is 0 Å². The molecule has 0 saturated carbocycles. The van der Waals surface area contributed by atoms with Crippen molar-refractivity contribution in [1.29, 1.82) is 0 Å². The Kier molecular flexibility index (Phi) is 5.14. The summed E-state index contributed by atoms with van der Waals surface area (Å²) in [5.74, 6) is 1.13. The minimum absolute atomic E-state index is 0.214. The number of para-hydroxylation sites is 1. The van der Waals surface area contributed by atoms with Gasteiger partial charge in [-0.3, -0.25) is 4.79 Å². The zero-order chi connectivity index (χ0) is 17.6. The summed E-state index contributed by atoms with van der Waals surface area (Å²) in [5, 5.41) is 6.77. The number of methoxy groups -OCH3 is 1. The second-order valence-corrected chi connectivity index (χ2v) is 5.80. The van der Waals surface area contributed by atoms with Crippen LogP contribution >= 0.6 is 0 Å². The van der Waals surface area contributed by atoms with Gasteiger partial charge in [0.2, 0.25) is 0 Å². The van der Waals surface area contributed by atoms with Crippen LogP contribution in [0.2, 0.25) is 0 Å². The summed E-state index contributed by atoms with van der Waals surface area (Å²) in [6, 6.07) is 19.1. The molecule has 128 valence electrons. The molecule has 1 N–H and O–H groups in total. The molecular weight excluding hydrogens is 316 g/mol. The molecule has 1 atom stereocenters. The lowest BCUT2D eigenvalue weighted by molar-refractivity contribution is 0.0942. The number of nitrogens with one attached hydrogen (secondary N) is 1. The van der Waals surface area contributed by atoms with Gasteiger partial charge < -0.3 is 14.6 Å². The molecule has 5 nitrogen and oxygen atoms in total. The third kappa shape index (κ3) is 3.88. The molecule has 3 aromatic rings. The van der Waals surface area contributed by atoms with Crippen LogP contribution in [0.1, 0.15) is 28.9 Å². The van der Waals surface area contributed by atoms with E-state index in [1.54, 1.807) is 13.2 Å². The number of carbonyl (C=O) groups is 1. The fourth-order valence-corrected chi connectivity index (χ4v) is 2.59. The number of hydrogen-bond acceptors (Lipinski definition) is 4. The van der Waals surface area contributed by atoms with Crippen LogP contribution in [0.4, 0.5) is 0 Å². The van der Waals surface area contributed by atoms with E-state index in [4.69, 9.17) is 9.26 Å². The highest BCUT2D eigenvalue weighted by Gasteiger charge is 2.16. The van der Waals surface area contributed by atoms with Gasteiger partial charge in [0.15, 0.2) is 11.5 Å². The first-order chi connectivity index (χ1) is 12.2. The number of nitrogens with zero attached hydrogens (tertiary/aromatic N) is 1. The van der Waals surface area contributed by atoms with Gasteiger partial charge in [-0.2, -0.15) is 0 Å². The lowest BCUT2D eigenvalue weighted by atomic mass is 10.0. The van der Waals surface area contributed by atoms with Crippen LogP contribution in [-0.2, 0) is 0 Å². The Labute approximate surface area is 146 Å². The Morgan fingerprint density at radius 1 is 1.16 bits per heavy atom. The molecule has 0 bridgehead atoms. The number of carbonyl (C=O) groups excluding carboxylic acids is 1. The monoisotopic (exact) mass is 336 g/mol. The second kappa shape index (κ2) is 7.66. The predicted octanol–water partition coefficient (Wildman–Crippen LogP) is 3.88. The van der Waals surface area contributed by atoms with Crippen LogP contribution in [-0.4, -0.2) is 24.7 Å². The molecule has 5 heteroatoms. The number of aromatic nitrogens is 1. The van der Waals surface area contributed by atoms with Gasteiger partial charge in [0.25, 0.3) is 5.91 Å². The quantitative estimate of drug-likeness (QED) is 0.742. The first kappa shape index (κ1) is 16.8. The number of hydrogen-bond donors (Lipinski definition) is 1. The van der Waals surface area contributed by atoms with Gasteiger partial charge in [0, 0.05) is 12.6 Å². The summed E-state index contributed by atoms with van der Waals surface area (Å²) in [6.45, 7) is 2.60. The van der Waals surface area contributed by atoms with Gasteiger partial charge in [-0.05, 0) is 23.6 Å². The van der Waals surface area contributed by atoms with Gasteiger partial charge in [0.05, 0.1) is 12.7 Å². The fraction of sp³-hybridized carbons (Fsp3) is 0.200. The van der Waals surface area contributed by atoms with E-state index in [0.29, 0.717) is 18.1 Å². The summed E-state index contributed by atoms with van der Waals surface area (Å²) >= 11 is 0. The van der Waals surface area contributed by atoms with E-state index < -0.39 is 0 Å². The Morgan fingerprint density at radius 3 is 2.64 bits per heavy atom. The lowest BCUT2D eigenvalue weighted by Crippen LogP contribution is -2.27. The molecule has 0 aliphatic rings. The van der Waals surface area contributed by atoms with Crippen molar-refractivity contribution < 1.29 is 14.1 Å². The highest BCUT2D eigenvalue weighted by Crippen LogP contribution is 2.29. The van der Waals surface area contributed by atoms with Crippen molar-refractivity contribution in [2.45, 2.75) is 12.8 Å². The maximum Gasteiger partial charge on any atom is 0.273 e. The maximum atomic E-state index is 12.3. The fourth-order valence-electron chi connectivity index (χ4n) is 2.59. The molecule has 0 saturated heterocycles. The Balaban J connectivity index is 1.67. The smallest absolute Gasteiger partial charge is 0.273 e. The minimum Gasteiger partial charge on any atom is -0.496 e. The third-order valence-corrected chi connectivity index (χ3v) is 4.05. The zero-order valence-corrected chi connectivity index (χ0v) is 14.2. The molecule has 1 aromatic heterocycles. The van der Waals surface area contributed by atoms with Crippen molar-refractivity contribution in [3.8, 4) is 17.1 Å². The average molecular weight is 336 g/mol. The van der Waals surface area contributed by atoms with Gasteiger partial charge in [-0.25, -0.2) is 0 Å². The normalized spacial score (nSPS) is 11.8. The Morgan fingerprint density at radius 2 is 1.88 bits per heavy atom. The molecule has 0 fully saturated rings. The first-order valence-electron chi connectivity index (χ1n) is 8.12. The molecule has 25 heavy (non-hydrogen) atoms. The van der Waals surface area contributed by atoms with Crippen LogP contribution in [0, 0.1) is 0 Å².